The minimum Gasteiger partial charge on any atom is -0.448 e. The average Bonchev–Trinajstić information content (AvgIpc) is 2.28. The molecule has 5 nitrogen and oxygen atoms in total. The normalized spacial score (nSPS) is 13.8. The molecule has 0 saturated carbocycles. The van der Waals surface area contributed by atoms with E-state index >= 15 is 0 Å². The Labute approximate surface area is 145 Å². The summed E-state index contributed by atoms with van der Waals surface area (Å²) >= 11 is 3.64. The summed E-state index contributed by atoms with van der Waals surface area (Å²) in [4.78, 5) is 11.8. The van der Waals surface area contributed by atoms with E-state index in [9.17, 15) is 26.4 Å². The first-order valence-electron chi connectivity index (χ1n) is 5.08. The molecule has 1 rings (SSSR count). The Kier molecular flexibility index (Phi) is 6.26. The predicted octanol–water partition coefficient (Wildman–Crippen LogP) is 2.87. The second-order valence-corrected chi connectivity index (χ2v) is 7.52. The molecule has 0 aliphatic heterocycles. The summed E-state index contributed by atoms with van der Waals surface area (Å²) in [5.41, 5.74) is -0.118. The number of carbonyl (C=O) groups excluding carboxylic acids is 1. The zero-order valence-corrected chi connectivity index (χ0v) is 15.0. The Hall–Kier alpha value is -0.150. The van der Waals surface area contributed by atoms with Crippen LogP contribution in [0.1, 0.15) is 10.4 Å². The number of rotatable bonds is 4. The molecule has 11 heteroatoms. The van der Waals surface area contributed by atoms with Gasteiger partial charge in [-0.2, -0.15) is 21.6 Å². The molecule has 21 heavy (non-hydrogen) atoms. The van der Waals surface area contributed by atoms with Crippen LogP contribution < -0.4 is 0 Å². The van der Waals surface area contributed by atoms with Gasteiger partial charge in [0.15, 0.2) is 0 Å². The van der Waals surface area contributed by atoms with Crippen molar-refractivity contribution in [3.8, 4) is 0 Å². The lowest BCUT2D eigenvalue weighted by atomic mass is 10.2. The molecule has 0 saturated heterocycles. The van der Waals surface area contributed by atoms with E-state index in [1.54, 1.807) is 28.7 Å². The third kappa shape index (κ3) is 5.86. The lowest BCUT2D eigenvalue weighted by Crippen LogP contribution is -2.39. The second-order valence-electron chi connectivity index (χ2n) is 3.79. The summed E-state index contributed by atoms with van der Waals surface area (Å²) in [6.45, 7) is 0. The first-order chi connectivity index (χ1) is 9.42. The first-order valence-corrected chi connectivity index (χ1v) is 8.85. The van der Waals surface area contributed by atoms with Crippen molar-refractivity contribution in [1.29, 1.82) is 0 Å². The van der Waals surface area contributed by atoms with E-state index in [1.807, 2.05) is 22.6 Å². The van der Waals surface area contributed by atoms with E-state index in [1.165, 1.54) is 12.1 Å². The highest BCUT2D eigenvalue weighted by atomic mass is 127. The summed E-state index contributed by atoms with van der Waals surface area (Å²) in [6.07, 6.45) is -8.05. The minimum absolute atomic E-state index is 0.118. The van der Waals surface area contributed by atoms with Crippen molar-refractivity contribution in [2.45, 2.75) is 12.3 Å². The van der Waals surface area contributed by atoms with Gasteiger partial charge in [0.2, 0.25) is 6.10 Å². The molecule has 0 bridgehead atoms. The molecule has 0 amide bonds. The maximum absolute atomic E-state index is 12.7. The van der Waals surface area contributed by atoms with Gasteiger partial charge in [-0.3, -0.25) is 4.55 Å². The van der Waals surface area contributed by atoms with Crippen molar-refractivity contribution in [3.05, 3.63) is 30.9 Å². The number of halogens is 5. The van der Waals surface area contributed by atoms with Gasteiger partial charge in [0.05, 0.1) is 5.56 Å². The number of carbonyl (C=O) groups is 1. The fourth-order valence-electron chi connectivity index (χ4n) is 1.24. The highest BCUT2D eigenvalue weighted by molar-refractivity contribution is 14.1. The third-order valence-corrected chi connectivity index (χ3v) is 5.97. The number of alkyl halides is 3. The van der Waals surface area contributed by atoms with Gasteiger partial charge < -0.3 is 4.74 Å². The fourth-order valence-corrected chi connectivity index (χ4v) is 2.96. The molecule has 1 aromatic rings. The second kappa shape index (κ2) is 6.95. The molecule has 0 fully saturated rings. The topological polar surface area (TPSA) is 80.7 Å². The van der Waals surface area contributed by atoms with Crippen LogP contribution in [0.4, 0.5) is 13.2 Å². The first kappa shape index (κ1) is 18.9. The van der Waals surface area contributed by atoms with Crippen LogP contribution in [0.5, 0.6) is 0 Å². The third-order valence-electron chi connectivity index (χ3n) is 2.15. The lowest BCUT2D eigenvalue weighted by Gasteiger charge is -2.19. The van der Waals surface area contributed by atoms with Crippen LogP contribution in [0, 0.1) is 7.14 Å². The summed E-state index contributed by atoms with van der Waals surface area (Å²) in [5, 5.41) is 0. The monoisotopic (exact) mass is 550 g/mol. The Bertz CT molecular complexity index is 645. The van der Waals surface area contributed by atoms with Crippen molar-refractivity contribution in [2.75, 3.05) is 5.75 Å². The minimum atomic E-state index is -5.11. The molecule has 0 spiro atoms. The van der Waals surface area contributed by atoms with E-state index in [0.29, 0.717) is 7.14 Å². The standard InChI is InChI=1S/C10H7F3I2O5S/c11-10(12,13)7(4-21(17,18)19)20-9(16)5-2-1-3-6(14)8(5)15/h1-3,7H,4H2,(H,17,18,19). The largest absolute Gasteiger partial charge is 0.448 e. The van der Waals surface area contributed by atoms with E-state index in [0.717, 1.165) is 0 Å². The number of hydrogen-bond donors (Lipinski definition) is 1. The molecule has 118 valence electrons. The van der Waals surface area contributed by atoms with Gasteiger partial charge >= 0.3 is 12.1 Å². The van der Waals surface area contributed by atoms with Crippen LogP contribution in [0.2, 0.25) is 0 Å². The van der Waals surface area contributed by atoms with Crippen LogP contribution in [-0.4, -0.2) is 37.0 Å². The van der Waals surface area contributed by atoms with E-state index in [-0.39, 0.29) is 5.56 Å². The maximum Gasteiger partial charge on any atom is 0.426 e. The molecular weight excluding hydrogens is 543 g/mol. The molecule has 0 aliphatic rings. The average molecular weight is 550 g/mol. The van der Waals surface area contributed by atoms with E-state index in [2.05, 4.69) is 4.74 Å². The zero-order valence-electron chi connectivity index (χ0n) is 9.89. The van der Waals surface area contributed by atoms with Crippen molar-refractivity contribution in [1.82, 2.24) is 0 Å². The number of ether oxygens (including phenoxy) is 1. The van der Waals surface area contributed by atoms with Crippen molar-refractivity contribution < 1.29 is 35.7 Å². The summed E-state index contributed by atoms with van der Waals surface area (Å²) in [6, 6.07) is 4.34. The van der Waals surface area contributed by atoms with E-state index in [4.69, 9.17) is 4.55 Å². The van der Waals surface area contributed by atoms with Crippen LogP contribution in [0.3, 0.4) is 0 Å². The smallest absolute Gasteiger partial charge is 0.426 e. The SMILES string of the molecule is O=C(OC(CS(=O)(=O)O)C(F)(F)F)c1cccc(I)c1I. The van der Waals surface area contributed by atoms with Gasteiger partial charge in [0.25, 0.3) is 10.1 Å². The molecule has 1 unspecified atom stereocenters. The predicted molar refractivity (Wildman–Crippen MR) is 83.6 cm³/mol. The molecule has 1 aromatic carbocycles. The molecule has 1 N–H and O–H groups in total. The summed E-state index contributed by atoms with van der Waals surface area (Å²) < 4.78 is 72.9. The van der Waals surface area contributed by atoms with Crippen LogP contribution in [0.25, 0.3) is 0 Å². The molecule has 1 atom stereocenters. The number of benzene rings is 1. The van der Waals surface area contributed by atoms with E-state index < -0.39 is 34.1 Å². The van der Waals surface area contributed by atoms with Gasteiger partial charge in [-0.05, 0) is 57.3 Å². The zero-order chi connectivity index (χ0) is 16.4. The molecule has 0 heterocycles. The molecule has 0 aromatic heterocycles. The van der Waals surface area contributed by atoms with Crippen molar-refractivity contribution in [3.63, 3.8) is 0 Å². The summed E-state index contributed by atoms with van der Waals surface area (Å²) in [7, 11) is -4.95. The lowest BCUT2D eigenvalue weighted by molar-refractivity contribution is -0.197. The maximum atomic E-state index is 12.7. The Balaban J connectivity index is 3.04. The molecular formula is C10H7F3I2O5S. The quantitative estimate of drug-likeness (QED) is 0.355. The fraction of sp³-hybridized carbons (Fsp3) is 0.300. The van der Waals surface area contributed by atoms with Crippen molar-refractivity contribution >= 4 is 61.3 Å². The Morgan fingerprint density at radius 1 is 1.33 bits per heavy atom. The molecule has 0 radical (unpaired) electrons. The highest BCUT2D eigenvalue weighted by Gasteiger charge is 2.45. The highest BCUT2D eigenvalue weighted by Crippen LogP contribution is 2.26. The van der Waals surface area contributed by atoms with Gasteiger partial charge in [0.1, 0.15) is 5.75 Å². The van der Waals surface area contributed by atoms with Crippen LogP contribution in [0.15, 0.2) is 18.2 Å². The number of hydrogen-bond acceptors (Lipinski definition) is 4. The van der Waals surface area contributed by atoms with Gasteiger partial charge in [-0.15, -0.1) is 0 Å². The van der Waals surface area contributed by atoms with Gasteiger partial charge in [-0.25, -0.2) is 4.79 Å². The van der Waals surface area contributed by atoms with Crippen LogP contribution in [-0.2, 0) is 14.9 Å². The molecule has 0 aliphatic carbocycles. The number of esters is 1. The summed E-state index contributed by atoms with van der Waals surface area (Å²) in [5.74, 6) is -3.06. The Morgan fingerprint density at radius 2 is 1.90 bits per heavy atom. The Morgan fingerprint density at radius 3 is 2.38 bits per heavy atom. The van der Waals surface area contributed by atoms with Crippen molar-refractivity contribution in [2.24, 2.45) is 0 Å². The van der Waals surface area contributed by atoms with Gasteiger partial charge in [0, 0.05) is 7.14 Å². The van der Waals surface area contributed by atoms with Gasteiger partial charge in [-0.1, -0.05) is 6.07 Å². The van der Waals surface area contributed by atoms with Crippen LogP contribution >= 0.6 is 45.2 Å².